The Bertz CT molecular complexity index is 307. The zero-order chi connectivity index (χ0) is 12.1. The van der Waals surface area contributed by atoms with E-state index >= 15 is 0 Å². The highest BCUT2D eigenvalue weighted by Gasteiger charge is 2.49. The monoisotopic (exact) mass is 248 g/mol. The summed E-state index contributed by atoms with van der Waals surface area (Å²) in [6.07, 6.45) is 1.37. The minimum Gasteiger partial charge on any atom is -0.339 e. The highest BCUT2D eigenvalue weighted by molar-refractivity contribution is 7.88. The molecule has 0 aromatic heterocycles. The van der Waals surface area contributed by atoms with Crippen molar-refractivity contribution in [1.82, 2.24) is 0 Å². The predicted molar refractivity (Wildman–Crippen MR) is 45.2 cm³/mol. The molecule has 0 N–H and O–H groups in total. The third-order valence-corrected chi connectivity index (χ3v) is 2.44. The second kappa shape index (κ2) is 5.34. The molecule has 0 aromatic rings. The van der Waals surface area contributed by atoms with Crippen LogP contribution in [0.4, 0.5) is 13.2 Å². The van der Waals surface area contributed by atoms with Crippen LogP contribution < -0.4 is 0 Å². The van der Waals surface area contributed by atoms with Gasteiger partial charge in [0.15, 0.2) is 0 Å². The Kier molecular flexibility index (Phi) is 5.06. The standard InChI is InChI=1S/C7H11F3O4S/c1-2-3-4-5-6(11)14-15(12,13)7(8,9)10/h2-5H2,1H3. The minimum absolute atomic E-state index is 0.308. The van der Waals surface area contributed by atoms with Gasteiger partial charge >= 0.3 is 21.6 Å². The fourth-order valence-corrected chi connectivity index (χ4v) is 1.15. The molecule has 0 saturated carbocycles. The van der Waals surface area contributed by atoms with Crippen LogP contribution in [0.15, 0.2) is 0 Å². The van der Waals surface area contributed by atoms with E-state index in [1.165, 1.54) is 0 Å². The number of carbonyl (C=O) groups is 1. The first-order valence-electron chi connectivity index (χ1n) is 4.24. The molecule has 0 bridgehead atoms. The van der Waals surface area contributed by atoms with Crippen LogP contribution in [-0.2, 0) is 19.1 Å². The number of unbranched alkanes of at least 4 members (excludes halogenated alkanes) is 2. The summed E-state index contributed by atoms with van der Waals surface area (Å²) < 4.78 is 59.2. The quantitative estimate of drug-likeness (QED) is 0.424. The lowest BCUT2D eigenvalue weighted by molar-refractivity contribution is -0.136. The third kappa shape index (κ3) is 5.01. The van der Waals surface area contributed by atoms with E-state index in [1.54, 1.807) is 0 Å². The lowest BCUT2D eigenvalue weighted by Crippen LogP contribution is -2.27. The Morgan fingerprint density at radius 3 is 2.20 bits per heavy atom. The zero-order valence-electron chi connectivity index (χ0n) is 8.00. The Labute approximate surface area is 85.5 Å². The van der Waals surface area contributed by atoms with Gasteiger partial charge in [-0.1, -0.05) is 19.8 Å². The molecule has 0 rings (SSSR count). The molecule has 0 spiro atoms. The molecule has 4 nitrogen and oxygen atoms in total. The number of halogens is 3. The number of carbonyl (C=O) groups excluding carboxylic acids is 1. The van der Waals surface area contributed by atoms with Crippen molar-refractivity contribution in [3.8, 4) is 0 Å². The molecular formula is C7H11F3O4S. The summed E-state index contributed by atoms with van der Waals surface area (Å²) in [4.78, 5) is 10.7. The van der Waals surface area contributed by atoms with Crippen molar-refractivity contribution < 1.29 is 30.6 Å². The van der Waals surface area contributed by atoms with Gasteiger partial charge in [-0.15, -0.1) is 0 Å². The Morgan fingerprint density at radius 1 is 1.27 bits per heavy atom. The lowest BCUT2D eigenvalue weighted by Gasteiger charge is -2.07. The number of rotatable bonds is 5. The van der Waals surface area contributed by atoms with Gasteiger partial charge < -0.3 is 4.18 Å². The van der Waals surface area contributed by atoms with Gasteiger partial charge in [0.1, 0.15) is 0 Å². The summed E-state index contributed by atoms with van der Waals surface area (Å²) in [5, 5.41) is 0. The van der Waals surface area contributed by atoms with Gasteiger partial charge in [0.2, 0.25) is 0 Å². The largest absolute Gasteiger partial charge is 0.534 e. The first-order valence-corrected chi connectivity index (χ1v) is 5.65. The third-order valence-electron chi connectivity index (χ3n) is 1.47. The zero-order valence-corrected chi connectivity index (χ0v) is 8.82. The van der Waals surface area contributed by atoms with Crippen LogP contribution in [-0.4, -0.2) is 19.9 Å². The van der Waals surface area contributed by atoms with E-state index in [-0.39, 0.29) is 6.42 Å². The molecule has 0 unspecified atom stereocenters. The molecular weight excluding hydrogens is 237 g/mol. The van der Waals surface area contributed by atoms with Crippen molar-refractivity contribution in [3.05, 3.63) is 0 Å². The van der Waals surface area contributed by atoms with Gasteiger partial charge in [-0.05, 0) is 6.42 Å². The van der Waals surface area contributed by atoms with E-state index in [9.17, 15) is 26.4 Å². The fraction of sp³-hybridized carbons (Fsp3) is 0.857. The molecule has 0 aliphatic heterocycles. The molecule has 8 heteroatoms. The molecule has 0 atom stereocenters. The summed E-state index contributed by atoms with van der Waals surface area (Å²) in [5.41, 5.74) is -5.55. The molecule has 15 heavy (non-hydrogen) atoms. The van der Waals surface area contributed by atoms with Gasteiger partial charge in [0, 0.05) is 6.42 Å². The van der Waals surface area contributed by atoms with Crippen LogP contribution in [0, 0.1) is 0 Å². The van der Waals surface area contributed by atoms with Crippen LogP contribution in [0.2, 0.25) is 0 Å². The average Bonchev–Trinajstić information content (AvgIpc) is 2.01. The van der Waals surface area contributed by atoms with Crippen molar-refractivity contribution in [2.45, 2.75) is 38.1 Å². The van der Waals surface area contributed by atoms with Gasteiger partial charge in [-0.3, -0.25) is 4.79 Å². The van der Waals surface area contributed by atoms with Crippen molar-refractivity contribution >= 4 is 16.1 Å². The van der Waals surface area contributed by atoms with Crippen LogP contribution in [0.1, 0.15) is 32.6 Å². The molecule has 0 radical (unpaired) electrons. The maximum absolute atomic E-state index is 11.7. The first kappa shape index (κ1) is 14.2. The lowest BCUT2D eigenvalue weighted by atomic mass is 10.2. The van der Waals surface area contributed by atoms with Crippen molar-refractivity contribution in [1.29, 1.82) is 0 Å². The second-order valence-corrected chi connectivity index (χ2v) is 4.35. The number of alkyl halides is 3. The van der Waals surface area contributed by atoms with Gasteiger partial charge in [-0.2, -0.15) is 21.6 Å². The van der Waals surface area contributed by atoms with Gasteiger partial charge in [0.05, 0.1) is 0 Å². The van der Waals surface area contributed by atoms with Crippen molar-refractivity contribution in [2.75, 3.05) is 0 Å². The van der Waals surface area contributed by atoms with E-state index in [4.69, 9.17) is 0 Å². The molecule has 0 aromatic carbocycles. The molecule has 0 heterocycles. The Balaban J connectivity index is 4.19. The summed E-state index contributed by atoms with van der Waals surface area (Å²) >= 11 is 0. The van der Waals surface area contributed by atoms with Gasteiger partial charge in [-0.25, -0.2) is 0 Å². The van der Waals surface area contributed by atoms with E-state index in [0.717, 1.165) is 6.42 Å². The van der Waals surface area contributed by atoms with Crippen molar-refractivity contribution in [3.63, 3.8) is 0 Å². The van der Waals surface area contributed by atoms with Crippen LogP contribution >= 0.6 is 0 Å². The second-order valence-electron chi connectivity index (χ2n) is 2.81. The van der Waals surface area contributed by atoms with Crippen molar-refractivity contribution in [2.24, 2.45) is 0 Å². The predicted octanol–water partition coefficient (Wildman–Crippen LogP) is 1.96. The van der Waals surface area contributed by atoms with E-state index < -0.39 is 21.6 Å². The number of hydrogen-bond acceptors (Lipinski definition) is 4. The highest BCUT2D eigenvalue weighted by atomic mass is 32.2. The maximum atomic E-state index is 11.7. The van der Waals surface area contributed by atoms with E-state index in [1.807, 2.05) is 6.92 Å². The van der Waals surface area contributed by atoms with E-state index in [2.05, 4.69) is 4.18 Å². The summed E-state index contributed by atoms with van der Waals surface area (Å²) in [7, 11) is -5.78. The maximum Gasteiger partial charge on any atom is 0.534 e. The molecule has 0 aliphatic rings. The molecule has 0 saturated heterocycles. The van der Waals surface area contributed by atoms with Crippen LogP contribution in [0.25, 0.3) is 0 Å². The summed E-state index contributed by atoms with van der Waals surface area (Å²) in [6.45, 7) is 1.83. The molecule has 0 aliphatic carbocycles. The highest BCUT2D eigenvalue weighted by Crippen LogP contribution is 2.25. The molecule has 0 fully saturated rings. The number of hydrogen-bond donors (Lipinski definition) is 0. The molecule has 90 valence electrons. The summed E-state index contributed by atoms with van der Waals surface area (Å²) in [5.74, 6) is -1.37. The fourth-order valence-electron chi connectivity index (χ4n) is 0.731. The SMILES string of the molecule is CCCCCC(=O)OS(=O)(=O)C(F)(F)F. The average molecular weight is 248 g/mol. The minimum atomic E-state index is -5.78. The van der Waals surface area contributed by atoms with Crippen LogP contribution in [0.5, 0.6) is 0 Å². The van der Waals surface area contributed by atoms with E-state index in [0.29, 0.717) is 12.8 Å². The smallest absolute Gasteiger partial charge is 0.339 e. The first-order chi connectivity index (χ1) is 6.70. The summed E-state index contributed by atoms with van der Waals surface area (Å²) in [6, 6.07) is 0. The Hall–Kier alpha value is -0.790. The Morgan fingerprint density at radius 2 is 1.80 bits per heavy atom. The van der Waals surface area contributed by atoms with Crippen LogP contribution in [0.3, 0.4) is 0 Å². The normalized spacial score (nSPS) is 12.5. The van der Waals surface area contributed by atoms with Gasteiger partial charge in [0.25, 0.3) is 0 Å². The topological polar surface area (TPSA) is 60.4 Å². The molecule has 0 amide bonds.